The van der Waals surface area contributed by atoms with Crippen molar-refractivity contribution in [2.75, 3.05) is 0 Å². The second-order valence-corrected chi connectivity index (χ2v) is 6.73. The Kier molecular flexibility index (Phi) is 5.21. The van der Waals surface area contributed by atoms with Crippen LogP contribution in [0.1, 0.15) is 11.1 Å². The van der Waals surface area contributed by atoms with Crippen LogP contribution in [0, 0.1) is 6.92 Å². The molecule has 0 bridgehead atoms. The van der Waals surface area contributed by atoms with E-state index >= 15 is 0 Å². The van der Waals surface area contributed by atoms with Gasteiger partial charge in [-0.1, -0.05) is 41.4 Å². The lowest BCUT2D eigenvalue weighted by Crippen LogP contribution is -2.23. The van der Waals surface area contributed by atoms with Crippen molar-refractivity contribution >= 4 is 35.4 Å². The highest BCUT2D eigenvalue weighted by atomic mass is 35.5. The highest BCUT2D eigenvalue weighted by Gasteiger charge is 2.10. The molecule has 1 heterocycles. The molecule has 0 aliphatic carbocycles. The van der Waals surface area contributed by atoms with Gasteiger partial charge in [0.15, 0.2) is 5.82 Å². The van der Waals surface area contributed by atoms with Crippen molar-refractivity contribution in [1.29, 1.82) is 0 Å². The zero-order chi connectivity index (χ0) is 17.8. The first-order valence-electron chi connectivity index (χ1n) is 7.37. The third-order valence-electron chi connectivity index (χ3n) is 3.36. The van der Waals surface area contributed by atoms with Gasteiger partial charge in [-0.3, -0.25) is 5.10 Å². The van der Waals surface area contributed by atoms with E-state index in [0.717, 1.165) is 28.5 Å². The Hall–Kier alpha value is -2.57. The van der Waals surface area contributed by atoms with Gasteiger partial charge >= 0.3 is 0 Å². The number of hydrogen-bond acceptors (Lipinski definition) is 5. The smallest absolute Gasteiger partial charge is 0.213 e. The first-order valence-corrected chi connectivity index (χ1v) is 8.56. The summed E-state index contributed by atoms with van der Waals surface area (Å²) in [6.45, 7) is 1.97. The summed E-state index contributed by atoms with van der Waals surface area (Å²) in [5.74, 6) is -0.740. The monoisotopic (exact) mass is 370 g/mol. The molecule has 0 radical (unpaired) electrons. The molecule has 1 aromatic heterocycles. The van der Waals surface area contributed by atoms with E-state index in [1.165, 1.54) is 6.08 Å². The second kappa shape index (κ2) is 7.55. The Labute approximate surface area is 153 Å². The van der Waals surface area contributed by atoms with Crippen LogP contribution in [0.5, 0.6) is 0 Å². The maximum Gasteiger partial charge on any atom is 0.213 e. The summed E-state index contributed by atoms with van der Waals surface area (Å²) in [5.41, 5.74) is 2.67. The van der Waals surface area contributed by atoms with Gasteiger partial charge in [0.05, 0.1) is 5.97 Å². The number of aliphatic carboxylic acids is 1. The third kappa shape index (κ3) is 4.49. The van der Waals surface area contributed by atoms with Crippen molar-refractivity contribution < 1.29 is 9.90 Å². The number of nitrogens with one attached hydrogen (secondary N) is 1. The van der Waals surface area contributed by atoms with Gasteiger partial charge in [0.2, 0.25) is 5.16 Å². The van der Waals surface area contributed by atoms with Gasteiger partial charge in [0.1, 0.15) is 0 Å². The molecule has 1 N–H and O–H groups in total. The van der Waals surface area contributed by atoms with E-state index < -0.39 is 5.97 Å². The van der Waals surface area contributed by atoms with Crippen LogP contribution >= 0.6 is 23.4 Å². The molecule has 7 heteroatoms. The minimum Gasteiger partial charge on any atom is -0.544 e. The molecular weight excluding hydrogens is 358 g/mol. The summed E-state index contributed by atoms with van der Waals surface area (Å²) in [6.07, 6.45) is 1.54. The molecule has 5 nitrogen and oxygen atoms in total. The number of rotatable bonds is 5. The molecule has 0 spiro atoms. The number of carbonyl (C=O) groups excluding carboxylic acids is 1. The molecule has 0 saturated heterocycles. The lowest BCUT2D eigenvalue weighted by molar-refractivity contribution is -0.297. The fourth-order valence-corrected chi connectivity index (χ4v) is 2.90. The lowest BCUT2D eigenvalue weighted by Gasteiger charge is -2.06. The minimum absolute atomic E-state index is 0.0329. The molecule has 0 amide bonds. The van der Waals surface area contributed by atoms with Gasteiger partial charge in [0, 0.05) is 15.5 Å². The topological polar surface area (TPSA) is 81.7 Å². The predicted molar refractivity (Wildman–Crippen MR) is 96.8 cm³/mol. The maximum atomic E-state index is 11.4. The van der Waals surface area contributed by atoms with Gasteiger partial charge in [-0.05, 0) is 54.6 Å². The standard InChI is InChI=1S/C18H14ClN3O2S/c1-11-2-4-12(5-3-11)10-15(17(23)24)25-18-20-16(21-22-18)13-6-8-14(19)9-7-13/h2-10H,1H3,(H,23,24)(H,20,21,22)/p-1/b15-10-. The van der Waals surface area contributed by atoms with Gasteiger partial charge in [0.25, 0.3) is 0 Å². The Morgan fingerprint density at radius 1 is 1.16 bits per heavy atom. The van der Waals surface area contributed by atoms with Gasteiger partial charge in [-0.25, -0.2) is 4.98 Å². The number of aromatic nitrogens is 3. The summed E-state index contributed by atoms with van der Waals surface area (Å²) in [4.78, 5) is 15.8. The average molecular weight is 371 g/mol. The van der Waals surface area contributed by atoms with Gasteiger partial charge < -0.3 is 9.90 Å². The van der Waals surface area contributed by atoms with E-state index in [1.807, 2.05) is 31.2 Å². The van der Waals surface area contributed by atoms with Crippen LogP contribution < -0.4 is 5.11 Å². The molecule has 3 aromatic rings. The molecule has 0 atom stereocenters. The predicted octanol–water partition coefficient (Wildman–Crippen LogP) is 3.32. The highest BCUT2D eigenvalue weighted by Crippen LogP contribution is 2.27. The first-order chi connectivity index (χ1) is 12.0. The number of thioether (sulfide) groups is 1. The van der Waals surface area contributed by atoms with Crippen LogP contribution in [0.15, 0.2) is 58.6 Å². The number of hydrogen-bond donors (Lipinski definition) is 1. The summed E-state index contributed by atoms with van der Waals surface area (Å²) in [7, 11) is 0. The maximum absolute atomic E-state index is 11.4. The molecule has 0 unspecified atom stereocenters. The number of carboxylic acids is 1. The van der Waals surface area contributed by atoms with Crippen molar-refractivity contribution in [2.45, 2.75) is 12.1 Å². The normalized spacial score (nSPS) is 11.5. The Bertz CT molecular complexity index is 918. The van der Waals surface area contributed by atoms with Crippen molar-refractivity contribution in [3.05, 3.63) is 69.6 Å². The Morgan fingerprint density at radius 2 is 1.84 bits per heavy atom. The first kappa shape index (κ1) is 17.3. The Balaban J connectivity index is 1.82. The molecule has 0 saturated carbocycles. The van der Waals surface area contributed by atoms with E-state index in [1.54, 1.807) is 24.3 Å². The molecule has 0 aliphatic rings. The number of aromatic amines is 1. The number of carbonyl (C=O) groups is 1. The SMILES string of the molecule is Cc1ccc(/C=C(\Sc2n[nH]c(-c3ccc(Cl)cc3)n2)C(=O)[O-])cc1. The zero-order valence-corrected chi connectivity index (χ0v) is 14.8. The molecule has 0 aliphatic heterocycles. The Morgan fingerprint density at radius 3 is 2.48 bits per heavy atom. The summed E-state index contributed by atoms with van der Waals surface area (Å²) in [5, 5.41) is 19.2. The molecule has 0 fully saturated rings. The number of benzene rings is 2. The van der Waals surface area contributed by atoms with Gasteiger partial charge in [-0.15, -0.1) is 5.10 Å². The third-order valence-corrected chi connectivity index (χ3v) is 4.48. The second-order valence-electron chi connectivity index (χ2n) is 5.28. The average Bonchev–Trinajstić information content (AvgIpc) is 3.05. The number of halogens is 1. The summed E-state index contributed by atoms with van der Waals surface area (Å²) in [6, 6.07) is 14.6. The minimum atomic E-state index is -1.27. The van der Waals surface area contributed by atoms with E-state index in [9.17, 15) is 9.90 Å². The molecular formula is C18H13ClN3O2S-. The largest absolute Gasteiger partial charge is 0.544 e. The van der Waals surface area contributed by atoms with E-state index in [-0.39, 0.29) is 4.91 Å². The summed E-state index contributed by atoms with van der Waals surface area (Å²) >= 11 is 6.80. The fourth-order valence-electron chi connectivity index (χ4n) is 2.07. The molecule has 2 aromatic carbocycles. The number of aryl methyl sites for hydroxylation is 1. The van der Waals surface area contributed by atoms with Crippen molar-refractivity contribution in [1.82, 2.24) is 15.2 Å². The lowest BCUT2D eigenvalue weighted by atomic mass is 10.1. The molecule has 25 heavy (non-hydrogen) atoms. The van der Waals surface area contributed by atoms with E-state index in [4.69, 9.17) is 11.6 Å². The number of carboxylic acid groups (broad SMARTS) is 1. The quantitative estimate of drug-likeness (QED) is 0.550. The molecule has 3 rings (SSSR count). The number of nitrogens with zero attached hydrogens (tertiary/aromatic N) is 2. The van der Waals surface area contributed by atoms with Crippen LogP contribution in [0.2, 0.25) is 5.02 Å². The summed E-state index contributed by atoms with van der Waals surface area (Å²) < 4.78 is 0. The van der Waals surface area contributed by atoms with Crippen LogP contribution in [-0.2, 0) is 4.79 Å². The highest BCUT2D eigenvalue weighted by molar-refractivity contribution is 8.04. The van der Waals surface area contributed by atoms with Crippen LogP contribution in [0.4, 0.5) is 0 Å². The van der Waals surface area contributed by atoms with Crippen molar-refractivity contribution in [2.24, 2.45) is 0 Å². The number of H-pyrrole nitrogens is 1. The van der Waals surface area contributed by atoms with Crippen molar-refractivity contribution in [3.63, 3.8) is 0 Å². The van der Waals surface area contributed by atoms with Crippen LogP contribution in [-0.4, -0.2) is 21.2 Å². The zero-order valence-electron chi connectivity index (χ0n) is 13.2. The van der Waals surface area contributed by atoms with Crippen LogP contribution in [0.25, 0.3) is 17.5 Å². The van der Waals surface area contributed by atoms with E-state index in [0.29, 0.717) is 16.0 Å². The molecule has 126 valence electrons. The van der Waals surface area contributed by atoms with E-state index in [2.05, 4.69) is 15.2 Å². The fraction of sp³-hybridized carbons (Fsp3) is 0.0556. The van der Waals surface area contributed by atoms with Gasteiger partial charge in [-0.2, -0.15) is 0 Å². The van der Waals surface area contributed by atoms with Crippen molar-refractivity contribution in [3.8, 4) is 11.4 Å². The van der Waals surface area contributed by atoms with Crippen LogP contribution in [0.3, 0.4) is 0 Å².